The predicted molar refractivity (Wildman–Crippen MR) is 310 cm³/mol. The Kier molecular flexibility index (Phi) is 10.9. The summed E-state index contributed by atoms with van der Waals surface area (Å²) in [6.07, 6.45) is 5.71. The molecule has 0 unspecified atom stereocenters. The molecule has 2 aliphatic rings. The number of hydrogen-bond donors (Lipinski definition) is 0. The zero-order valence-electron chi connectivity index (χ0n) is 42.3. The molecule has 8 heteroatoms. The van der Waals surface area contributed by atoms with Crippen molar-refractivity contribution in [1.82, 2.24) is 19.1 Å². The van der Waals surface area contributed by atoms with Gasteiger partial charge in [0.25, 0.3) is 0 Å². The quantitative estimate of drug-likeness (QED) is 0.149. The van der Waals surface area contributed by atoms with Crippen molar-refractivity contribution < 1.29 is 25.8 Å². The second-order valence-corrected chi connectivity index (χ2v) is 20.7. The van der Waals surface area contributed by atoms with E-state index >= 15 is 0 Å². The Morgan fingerprint density at radius 1 is 0.494 bits per heavy atom. The molecule has 9 aromatic carbocycles. The van der Waals surface area contributed by atoms with Crippen molar-refractivity contribution in [3.63, 3.8) is 0 Å². The Morgan fingerprint density at radius 3 is 1.96 bits per heavy atom. The van der Waals surface area contributed by atoms with Crippen LogP contribution in [0.4, 0.5) is 22.7 Å². The third-order valence-corrected chi connectivity index (χ3v) is 15.3. The standard InChI is InChI=1S/C69H47N6O.Pt/c1-69(2,3)46-35-38-71-64(39-46)74-60-33-34-61-65(54-25-11-10-23-52(54)55-28-16-29-56-53-24-12-13-30-58(53)75(61)68(55)56)66(60)57-32-31-49(41-62(57)74)76-48-22-14-21-47(40-48)72-43-73(59-36-37-70-42-63(59)72)67-50(44-17-6-4-7-18-44)26-15-27-51(67)45-19-8-5-9-20-45;/h4-39,42-43H,1-3H3;/q-3;. The van der Waals surface area contributed by atoms with Crippen molar-refractivity contribution in [2.45, 2.75) is 26.2 Å². The van der Waals surface area contributed by atoms with Crippen LogP contribution >= 0.6 is 0 Å². The van der Waals surface area contributed by atoms with Crippen LogP contribution in [0.25, 0.3) is 99.6 Å². The van der Waals surface area contributed by atoms with E-state index in [1.807, 2.05) is 36.8 Å². The summed E-state index contributed by atoms with van der Waals surface area (Å²) in [5.41, 5.74) is 19.6. The summed E-state index contributed by atoms with van der Waals surface area (Å²) in [6.45, 7) is 8.88. The average molecular weight is 1170 g/mol. The van der Waals surface area contributed by atoms with Crippen molar-refractivity contribution in [2.75, 3.05) is 9.80 Å². The summed E-state index contributed by atoms with van der Waals surface area (Å²) in [6, 6.07) is 80.8. The molecule has 0 saturated carbocycles. The Morgan fingerprint density at radius 2 is 1.17 bits per heavy atom. The third kappa shape index (κ3) is 7.36. The van der Waals surface area contributed by atoms with Gasteiger partial charge >= 0.3 is 0 Å². The van der Waals surface area contributed by atoms with E-state index in [1.54, 1.807) is 0 Å². The maximum atomic E-state index is 6.89. The smallest absolute Gasteiger partial charge is 0.135 e. The van der Waals surface area contributed by atoms with E-state index in [0.717, 1.165) is 78.3 Å². The van der Waals surface area contributed by atoms with Gasteiger partial charge < -0.3 is 23.7 Å². The fourth-order valence-electron chi connectivity index (χ4n) is 11.8. The monoisotopic (exact) mass is 1170 g/mol. The SMILES string of the molecule is CC(C)(C)c1ccnc(-n2c3[c-]c(Oc4[c-]c(N5[CH-]N(c6c(-c7ccccc7)cccc6-c6ccccc6)c6ccncc65)ccc4)ccc3c3c4c(ccc32)-n2c3ccccc3c3cccc(c32)-c2ccccc2-4)c1.[Pt]. The van der Waals surface area contributed by atoms with Crippen LogP contribution in [0, 0.1) is 18.8 Å². The molecule has 0 N–H and O–H groups in total. The van der Waals surface area contributed by atoms with Gasteiger partial charge in [-0.1, -0.05) is 166 Å². The Labute approximate surface area is 461 Å². The van der Waals surface area contributed by atoms with E-state index in [2.05, 4.69) is 252 Å². The molecule has 0 aliphatic carbocycles. The van der Waals surface area contributed by atoms with E-state index in [0.29, 0.717) is 11.5 Å². The minimum Gasteiger partial charge on any atom is -0.509 e. The van der Waals surface area contributed by atoms with Crippen LogP contribution in [-0.2, 0) is 26.5 Å². The Balaban J connectivity index is 0.00000540. The second kappa shape index (κ2) is 18.1. The minimum atomic E-state index is -0.103. The molecule has 2 aliphatic heterocycles. The first kappa shape index (κ1) is 46.5. The second-order valence-electron chi connectivity index (χ2n) is 20.7. The van der Waals surface area contributed by atoms with Crippen molar-refractivity contribution in [3.05, 3.63) is 249 Å². The molecule has 77 heavy (non-hydrogen) atoms. The van der Waals surface area contributed by atoms with Gasteiger partial charge in [-0.05, 0) is 75.0 Å². The maximum absolute atomic E-state index is 6.89. The number of aromatic nitrogens is 4. The van der Waals surface area contributed by atoms with Crippen molar-refractivity contribution in [2.24, 2.45) is 0 Å². The molecule has 0 amide bonds. The van der Waals surface area contributed by atoms with E-state index in [-0.39, 0.29) is 26.5 Å². The van der Waals surface area contributed by atoms with Gasteiger partial charge in [0, 0.05) is 101 Å². The molecule has 372 valence electrons. The molecule has 13 aromatic rings. The topological polar surface area (TPSA) is 51.4 Å². The summed E-state index contributed by atoms with van der Waals surface area (Å²) in [5.74, 6) is 1.94. The van der Waals surface area contributed by atoms with Crippen LogP contribution in [0.5, 0.6) is 11.5 Å². The number of ether oxygens (including phenoxy) is 1. The van der Waals surface area contributed by atoms with Gasteiger partial charge in [0.15, 0.2) is 0 Å². The van der Waals surface area contributed by atoms with Crippen LogP contribution in [0.1, 0.15) is 26.3 Å². The molecule has 0 atom stereocenters. The van der Waals surface area contributed by atoms with Crippen LogP contribution in [-0.4, -0.2) is 19.1 Å². The van der Waals surface area contributed by atoms with Crippen molar-refractivity contribution in [3.8, 4) is 67.5 Å². The predicted octanol–water partition coefficient (Wildman–Crippen LogP) is 17.7. The number of nitrogens with zero attached hydrogens (tertiary/aromatic N) is 6. The first-order valence-electron chi connectivity index (χ1n) is 25.8. The summed E-state index contributed by atoms with van der Waals surface area (Å²) in [5, 5.41) is 4.65. The number of fused-ring (bicyclic) bond motifs is 13. The van der Waals surface area contributed by atoms with E-state index in [9.17, 15) is 0 Å². The maximum Gasteiger partial charge on any atom is 0.135 e. The minimum absolute atomic E-state index is 0. The van der Waals surface area contributed by atoms with Gasteiger partial charge in [0.1, 0.15) is 5.82 Å². The first-order chi connectivity index (χ1) is 37.4. The average Bonchev–Trinajstić information content (AvgIpc) is 4.29. The normalized spacial score (nSPS) is 12.7. The van der Waals surface area contributed by atoms with Crippen LogP contribution in [0.2, 0.25) is 0 Å². The first-order valence-corrected chi connectivity index (χ1v) is 25.8. The molecule has 0 saturated heterocycles. The number of pyridine rings is 2. The molecular weight excluding hydrogens is 1120 g/mol. The molecule has 0 spiro atoms. The molecule has 6 heterocycles. The third-order valence-electron chi connectivity index (χ3n) is 15.3. The van der Waals surface area contributed by atoms with Gasteiger partial charge in [0.05, 0.1) is 22.4 Å². The van der Waals surface area contributed by atoms with Gasteiger partial charge in [-0.25, -0.2) is 4.98 Å². The van der Waals surface area contributed by atoms with Crippen molar-refractivity contribution in [1.29, 1.82) is 0 Å². The number of anilines is 4. The molecular formula is C69H47N6OPt-3. The van der Waals surface area contributed by atoms with Gasteiger partial charge in [0.2, 0.25) is 0 Å². The molecule has 0 radical (unpaired) electrons. The Bertz CT molecular complexity index is 4420. The van der Waals surface area contributed by atoms with Gasteiger partial charge in [-0.2, -0.15) is 12.1 Å². The zero-order chi connectivity index (χ0) is 50.6. The fraction of sp³-hybridized carbons (Fsp3) is 0.0580. The summed E-state index contributed by atoms with van der Waals surface area (Å²) in [7, 11) is 0. The molecule has 7 nitrogen and oxygen atoms in total. The van der Waals surface area contributed by atoms with E-state index in [1.165, 1.54) is 49.6 Å². The number of benzene rings is 9. The summed E-state index contributed by atoms with van der Waals surface area (Å²) in [4.78, 5) is 14.2. The number of para-hydroxylation sites is 3. The van der Waals surface area contributed by atoms with Gasteiger partial charge in [-0.3, -0.25) is 4.98 Å². The van der Waals surface area contributed by atoms with Crippen LogP contribution < -0.4 is 14.5 Å². The zero-order valence-corrected chi connectivity index (χ0v) is 44.6. The largest absolute Gasteiger partial charge is 0.509 e. The van der Waals surface area contributed by atoms with Crippen LogP contribution in [0.15, 0.2) is 225 Å². The van der Waals surface area contributed by atoms with Gasteiger partial charge in [-0.15, -0.1) is 48.1 Å². The van der Waals surface area contributed by atoms with E-state index in [4.69, 9.17) is 9.72 Å². The number of hydrogen-bond acceptors (Lipinski definition) is 5. The molecule has 4 aromatic heterocycles. The van der Waals surface area contributed by atoms with E-state index < -0.39 is 0 Å². The van der Waals surface area contributed by atoms with Crippen LogP contribution in [0.3, 0.4) is 0 Å². The molecule has 0 fully saturated rings. The summed E-state index contributed by atoms with van der Waals surface area (Å²) >= 11 is 0. The fourth-order valence-corrected chi connectivity index (χ4v) is 11.8. The summed E-state index contributed by atoms with van der Waals surface area (Å²) < 4.78 is 11.6. The van der Waals surface area contributed by atoms with Crippen molar-refractivity contribution >= 4 is 66.4 Å². The molecule has 15 rings (SSSR count). The molecule has 0 bridgehead atoms. The Hall–Kier alpha value is -9.03. The number of rotatable bonds is 7.